The van der Waals surface area contributed by atoms with E-state index in [1.54, 1.807) is 13.3 Å². The first kappa shape index (κ1) is 15.3. The first-order valence-corrected chi connectivity index (χ1v) is 7.79. The van der Waals surface area contributed by atoms with E-state index in [9.17, 15) is 4.79 Å². The zero-order chi connectivity index (χ0) is 16.1. The van der Waals surface area contributed by atoms with Gasteiger partial charge in [-0.15, -0.1) is 0 Å². The quantitative estimate of drug-likeness (QED) is 0.863. The Hall–Kier alpha value is -2.62. The average molecular weight is 308 g/mol. The summed E-state index contributed by atoms with van der Waals surface area (Å²) in [6, 6.07) is 13.1. The predicted octanol–water partition coefficient (Wildman–Crippen LogP) is 3.26. The molecule has 1 heterocycles. The molecular formula is C19H20N2O2. The van der Waals surface area contributed by atoms with Crippen molar-refractivity contribution in [2.45, 2.75) is 18.9 Å². The molecule has 0 unspecified atom stereocenters. The number of methoxy groups -OCH3 is 1. The van der Waals surface area contributed by atoms with E-state index in [1.165, 1.54) is 0 Å². The summed E-state index contributed by atoms with van der Waals surface area (Å²) >= 11 is 0. The normalized spacial score (nSPS) is 15.3. The van der Waals surface area contributed by atoms with Crippen molar-refractivity contribution in [3.63, 3.8) is 0 Å². The number of hydrogen-bond acceptors (Lipinski definition) is 3. The minimum Gasteiger partial charge on any atom is -0.496 e. The molecule has 1 aliphatic rings. The summed E-state index contributed by atoms with van der Waals surface area (Å²) in [5.74, 6) is 0.806. The van der Waals surface area contributed by atoms with E-state index >= 15 is 0 Å². The van der Waals surface area contributed by atoms with Crippen LogP contribution >= 0.6 is 0 Å². The molecule has 1 aliphatic carbocycles. The highest BCUT2D eigenvalue weighted by Crippen LogP contribution is 2.30. The highest BCUT2D eigenvalue weighted by molar-refractivity contribution is 5.80. The maximum atomic E-state index is 12.6. The van der Waals surface area contributed by atoms with Crippen molar-refractivity contribution in [1.82, 2.24) is 10.3 Å². The van der Waals surface area contributed by atoms with Crippen LogP contribution in [0.5, 0.6) is 5.75 Å². The van der Waals surface area contributed by atoms with E-state index in [0.717, 1.165) is 29.8 Å². The lowest BCUT2D eigenvalue weighted by Gasteiger charge is -2.22. The monoisotopic (exact) mass is 308 g/mol. The molecule has 2 aromatic rings. The van der Waals surface area contributed by atoms with Gasteiger partial charge in [-0.25, -0.2) is 0 Å². The number of ether oxygens (including phenoxy) is 1. The van der Waals surface area contributed by atoms with Crippen LogP contribution in [0, 0.1) is 5.92 Å². The third-order valence-electron chi connectivity index (χ3n) is 4.10. The molecule has 0 bridgehead atoms. The Morgan fingerprint density at radius 2 is 1.91 bits per heavy atom. The van der Waals surface area contributed by atoms with E-state index in [4.69, 9.17) is 4.74 Å². The molecule has 4 nitrogen and oxygen atoms in total. The van der Waals surface area contributed by atoms with Crippen molar-refractivity contribution in [2.24, 2.45) is 5.92 Å². The second-order valence-electron chi connectivity index (χ2n) is 5.58. The molecule has 0 spiro atoms. The van der Waals surface area contributed by atoms with E-state index in [-0.39, 0.29) is 17.9 Å². The lowest BCUT2D eigenvalue weighted by Crippen LogP contribution is -2.34. The number of para-hydroxylation sites is 1. The maximum absolute atomic E-state index is 12.6. The fraction of sp³-hybridized carbons (Fsp3) is 0.263. The van der Waals surface area contributed by atoms with Gasteiger partial charge in [0.15, 0.2) is 0 Å². The number of amides is 1. The molecule has 23 heavy (non-hydrogen) atoms. The van der Waals surface area contributed by atoms with Crippen LogP contribution in [0.25, 0.3) is 0 Å². The minimum atomic E-state index is -0.319. The Labute approximate surface area is 136 Å². The maximum Gasteiger partial charge on any atom is 0.224 e. The molecule has 118 valence electrons. The molecule has 0 fully saturated rings. The van der Waals surface area contributed by atoms with Gasteiger partial charge < -0.3 is 10.1 Å². The molecule has 1 aromatic carbocycles. The van der Waals surface area contributed by atoms with Crippen LogP contribution in [0.15, 0.2) is 60.8 Å². The average Bonchev–Trinajstić information content (AvgIpc) is 3.15. The fourth-order valence-electron chi connectivity index (χ4n) is 2.85. The van der Waals surface area contributed by atoms with Crippen molar-refractivity contribution in [3.8, 4) is 5.75 Å². The third kappa shape index (κ3) is 3.42. The zero-order valence-corrected chi connectivity index (χ0v) is 13.1. The molecular weight excluding hydrogens is 288 g/mol. The van der Waals surface area contributed by atoms with Crippen LogP contribution < -0.4 is 10.1 Å². The van der Waals surface area contributed by atoms with Crippen molar-refractivity contribution in [2.75, 3.05) is 7.11 Å². The third-order valence-corrected chi connectivity index (χ3v) is 4.10. The summed E-state index contributed by atoms with van der Waals surface area (Å²) in [7, 11) is 1.64. The number of nitrogens with zero attached hydrogens (tertiary/aromatic N) is 1. The number of carbonyl (C=O) groups excluding carboxylic acids is 1. The zero-order valence-electron chi connectivity index (χ0n) is 13.1. The van der Waals surface area contributed by atoms with E-state index in [0.29, 0.717) is 0 Å². The molecule has 0 saturated heterocycles. The molecule has 1 atom stereocenters. The number of allylic oxidation sites excluding steroid dienone is 2. The number of carbonyl (C=O) groups is 1. The van der Waals surface area contributed by atoms with Crippen LogP contribution in [0.3, 0.4) is 0 Å². The molecule has 1 N–H and O–H groups in total. The number of nitrogens with one attached hydrogen (secondary N) is 1. The molecule has 3 rings (SSSR count). The van der Waals surface area contributed by atoms with E-state index in [2.05, 4.69) is 22.5 Å². The lowest BCUT2D eigenvalue weighted by atomic mass is 9.99. The van der Waals surface area contributed by atoms with Crippen LogP contribution in [-0.2, 0) is 4.79 Å². The summed E-state index contributed by atoms with van der Waals surface area (Å²) in [5.41, 5.74) is 1.71. The summed E-state index contributed by atoms with van der Waals surface area (Å²) < 4.78 is 5.46. The SMILES string of the molecule is COc1ccccc1[C@H](NC(=O)C1CC=CC1)c1ccccn1. The van der Waals surface area contributed by atoms with Gasteiger partial charge in [0.25, 0.3) is 0 Å². The van der Waals surface area contributed by atoms with Gasteiger partial charge in [0, 0.05) is 17.7 Å². The van der Waals surface area contributed by atoms with Gasteiger partial charge in [-0.3, -0.25) is 9.78 Å². The topological polar surface area (TPSA) is 51.2 Å². The van der Waals surface area contributed by atoms with Gasteiger partial charge in [0.2, 0.25) is 5.91 Å². The van der Waals surface area contributed by atoms with Crippen molar-refractivity contribution < 1.29 is 9.53 Å². The van der Waals surface area contributed by atoms with Gasteiger partial charge in [-0.2, -0.15) is 0 Å². The Morgan fingerprint density at radius 1 is 1.17 bits per heavy atom. The van der Waals surface area contributed by atoms with Gasteiger partial charge >= 0.3 is 0 Å². The second kappa shape index (κ2) is 7.09. The van der Waals surface area contributed by atoms with Crippen LogP contribution in [0.4, 0.5) is 0 Å². The number of pyridine rings is 1. The van der Waals surface area contributed by atoms with Gasteiger partial charge in [-0.05, 0) is 31.0 Å². The Morgan fingerprint density at radius 3 is 2.61 bits per heavy atom. The van der Waals surface area contributed by atoms with Gasteiger partial charge in [0.05, 0.1) is 18.8 Å². The highest BCUT2D eigenvalue weighted by atomic mass is 16.5. The highest BCUT2D eigenvalue weighted by Gasteiger charge is 2.26. The standard InChI is InChI=1S/C19H20N2O2/c1-23-17-12-5-4-10-15(17)18(16-11-6-7-13-20-16)21-19(22)14-8-2-3-9-14/h2-7,10-14,18H,8-9H2,1H3,(H,21,22)/t18-/m0/s1. The van der Waals surface area contributed by atoms with Gasteiger partial charge in [0.1, 0.15) is 5.75 Å². The molecule has 0 aliphatic heterocycles. The fourth-order valence-corrected chi connectivity index (χ4v) is 2.85. The van der Waals surface area contributed by atoms with E-state index < -0.39 is 0 Å². The molecule has 1 aromatic heterocycles. The number of aromatic nitrogens is 1. The largest absolute Gasteiger partial charge is 0.496 e. The second-order valence-corrected chi connectivity index (χ2v) is 5.58. The first-order chi connectivity index (χ1) is 11.3. The lowest BCUT2D eigenvalue weighted by molar-refractivity contribution is -0.125. The van der Waals surface area contributed by atoms with Crippen LogP contribution in [0.2, 0.25) is 0 Å². The molecule has 0 saturated carbocycles. The Kier molecular flexibility index (Phi) is 4.71. The number of benzene rings is 1. The summed E-state index contributed by atoms with van der Waals surface area (Å²) in [4.78, 5) is 17.0. The minimum absolute atomic E-state index is 0.0101. The van der Waals surface area contributed by atoms with Crippen molar-refractivity contribution >= 4 is 5.91 Å². The number of hydrogen-bond donors (Lipinski definition) is 1. The van der Waals surface area contributed by atoms with Crippen LogP contribution in [0.1, 0.15) is 30.1 Å². The smallest absolute Gasteiger partial charge is 0.224 e. The molecule has 4 heteroatoms. The van der Waals surface area contributed by atoms with Gasteiger partial charge in [-0.1, -0.05) is 36.4 Å². The summed E-state index contributed by atoms with van der Waals surface area (Å²) in [5, 5.41) is 3.14. The van der Waals surface area contributed by atoms with Crippen molar-refractivity contribution in [3.05, 3.63) is 72.1 Å². The number of rotatable bonds is 5. The summed E-state index contributed by atoms with van der Waals surface area (Å²) in [6.45, 7) is 0. The summed E-state index contributed by atoms with van der Waals surface area (Å²) in [6.07, 6.45) is 7.45. The Bertz CT molecular complexity index is 690. The molecule has 1 amide bonds. The van der Waals surface area contributed by atoms with Crippen LogP contribution in [-0.4, -0.2) is 18.0 Å². The first-order valence-electron chi connectivity index (χ1n) is 7.79. The van der Waals surface area contributed by atoms with Crippen molar-refractivity contribution in [1.29, 1.82) is 0 Å². The predicted molar refractivity (Wildman–Crippen MR) is 89.1 cm³/mol. The van der Waals surface area contributed by atoms with E-state index in [1.807, 2.05) is 42.5 Å². The molecule has 0 radical (unpaired) electrons. The Balaban J connectivity index is 1.92.